The van der Waals surface area contributed by atoms with Crippen LogP contribution in [0.5, 0.6) is 0 Å². The fourth-order valence-electron chi connectivity index (χ4n) is 2.14. The van der Waals surface area contributed by atoms with Gasteiger partial charge in [-0.05, 0) is 29.2 Å². The molecule has 1 aromatic carbocycles. The first-order chi connectivity index (χ1) is 7.40. The smallest absolute Gasteiger partial charge is 0.409 e. The van der Waals surface area contributed by atoms with Crippen LogP contribution in [0.4, 0.5) is 10.5 Å². The maximum Gasteiger partial charge on any atom is 0.409 e. The van der Waals surface area contributed by atoms with Gasteiger partial charge in [-0.25, -0.2) is 4.79 Å². The van der Waals surface area contributed by atoms with E-state index in [4.69, 9.17) is 5.11 Å². The first-order valence-electron chi connectivity index (χ1n) is 5.08. The number of carbonyl (C=O) groups is 2. The van der Waals surface area contributed by atoms with Crippen LogP contribution in [-0.2, 0) is 5.41 Å². The van der Waals surface area contributed by atoms with Gasteiger partial charge in [-0.3, -0.25) is 10.1 Å². The quantitative estimate of drug-likeness (QED) is 0.763. The Morgan fingerprint density at radius 2 is 2.12 bits per heavy atom. The van der Waals surface area contributed by atoms with Crippen molar-refractivity contribution in [3.8, 4) is 0 Å². The zero-order chi connectivity index (χ0) is 11.9. The molecule has 84 valence electrons. The van der Waals surface area contributed by atoms with E-state index in [1.54, 1.807) is 18.2 Å². The van der Waals surface area contributed by atoms with E-state index >= 15 is 0 Å². The summed E-state index contributed by atoms with van der Waals surface area (Å²) < 4.78 is 0. The summed E-state index contributed by atoms with van der Waals surface area (Å²) in [4.78, 5) is 22.2. The summed E-state index contributed by atoms with van der Waals surface area (Å²) in [5, 5.41) is 10.9. The molecule has 0 bridgehead atoms. The van der Waals surface area contributed by atoms with E-state index in [-0.39, 0.29) is 11.2 Å². The molecule has 1 aliphatic rings. The first kappa shape index (κ1) is 10.7. The summed E-state index contributed by atoms with van der Waals surface area (Å²) in [7, 11) is 0. The summed E-state index contributed by atoms with van der Waals surface area (Å²) >= 11 is 0. The van der Waals surface area contributed by atoms with Gasteiger partial charge in [-0.2, -0.15) is 0 Å². The predicted molar refractivity (Wildman–Crippen MR) is 60.1 cm³/mol. The Kier molecular flexibility index (Phi) is 2.22. The maximum atomic E-state index is 11.7. The number of hydrogen-bond donors (Lipinski definition) is 2. The minimum absolute atomic E-state index is 0.127. The van der Waals surface area contributed by atoms with E-state index in [1.165, 1.54) is 0 Å². The number of amides is 1. The third-order valence-electron chi connectivity index (χ3n) is 2.90. The molecule has 0 radical (unpaired) electrons. The van der Waals surface area contributed by atoms with Gasteiger partial charge in [-0.1, -0.05) is 13.8 Å². The molecule has 4 heteroatoms. The van der Waals surface area contributed by atoms with E-state index in [0.717, 1.165) is 5.56 Å². The van der Waals surface area contributed by atoms with Crippen LogP contribution >= 0.6 is 0 Å². The molecule has 4 nitrogen and oxygen atoms in total. The lowest BCUT2D eigenvalue weighted by Gasteiger charge is -2.18. The summed E-state index contributed by atoms with van der Waals surface area (Å²) in [6.45, 7) is 3.97. The fourth-order valence-corrected chi connectivity index (χ4v) is 2.14. The Labute approximate surface area is 93.3 Å². The van der Waals surface area contributed by atoms with Gasteiger partial charge in [-0.15, -0.1) is 0 Å². The standard InChI is InChI=1S/C12H13NO3/c1-12(2)6-10(14)8-4-3-7(5-9(8)12)13-11(15)16/h3-5,13H,6H2,1-2H3,(H,15,16). The number of ketones is 1. The molecule has 0 saturated heterocycles. The summed E-state index contributed by atoms with van der Waals surface area (Å²) in [6.07, 6.45) is -0.610. The summed E-state index contributed by atoms with van der Waals surface area (Å²) in [6, 6.07) is 5.05. The minimum atomic E-state index is -1.10. The molecule has 16 heavy (non-hydrogen) atoms. The fraction of sp³-hybridized carbons (Fsp3) is 0.333. The number of anilines is 1. The Morgan fingerprint density at radius 1 is 1.44 bits per heavy atom. The molecule has 1 aromatic rings. The monoisotopic (exact) mass is 219 g/mol. The van der Waals surface area contributed by atoms with E-state index in [1.807, 2.05) is 13.8 Å². The molecule has 0 aliphatic heterocycles. The van der Waals surface area contributed by atoms with Crippen LogP contribution in [0.15, 0.2) is 18.2 Å². The molecule has 0 aromatic heterocycles. The van der Waals surface area contributed by atoms with Crippen molar-refractivity contribution in [1.82, 2.24) is 0 Å². The molecule has 2 rings (SSSR count). The van der Waals surface area contributed by atoms with Gasteiger partial charge < -0.3 is 5.11 Å². The predicted octanol–water partition coefficient (Wildman–Crippen LogP) is 2.64. The van der Waals surface area contributed by atoms with Crippen molar-refractivity contribution >= 4 is 17.6 Å². The van der Waals surface area contributed by atoms with Crippen LogP contribution in [0.2, 0.25) is 0 Å². The van der Waals surface area contributed by atoms with Crippen molar-refractivity contribution in [2.75, 3.05) is 5.32 Å². The highest BCUT2D eigenvalue weighted by atomic mass is 16.4. The Bertz CT molecular complexity index is 477. The number of carbonyl (C=O) groups excluding carboxylic acids is 1. The number of benzene rings is 1. The highest BCUT2D eigenvalue weighted by Crippen LogP contribution is 2.39. The molecule has 0 fully saturated rings. The molecule has 0 spiro atoms. The second-order valence-electron chi connectivity index (χ2n) is 4.67. The molecule has 2 N–H and O–H groups in total. The van der Waals surface area contributed by atoms with E-state index in [9.17, 15) is 9.59 Å². The van der Waals surface area contributed by atoms with E-state index in [0.29, 0.717) is 17.7 Å². The molecule has 0 heterocycles. The van der Waals surface area contributed by atoms with Crippen molar-refractivity contribution in [2.24, 2.45) is 0 Å². The highest BCUT2D eigenvalue weighted by Gasteiger charge is 2.35. The molecule has 0 unspecified atom stereocenters. The van der Waals surface area contributed by atoms with Gasteiger partial charge in [0, 0.05) is 17.7 Å². The number of fused-ring (bicyclic) bond motifs is 1. The lowest BCUT2D eigenvalue weighted by atomic mass is 9.86. The molecule has 1 aliphatic carbocycles. The Morgan fingerprint density at radius 3 is 2.75 bits per heavy atom. The SMILES string of the molecule is CC1(C)CC(=O)c2ccc(NC(=O)O)cc21. The van der Waals surface area contributed by atoms with Crippen LogP contribution in [0, 0.1) is 0 Å². The maximum absolute atomic E-state index is 11.7. The number of rotatable bonds is 1. The molecule has 1 amide bonds. The average molecular weight is 219 g/mol. The largest absolute Gasteiger partial charge is 0.465 e. The third kappa shape index (κ3) is 1.66. The van der Waals surface area contributed by atoms with Gasteiger partial charge >= 0.3 is 6.09 Å². The van der Waals surface area contributed by atoms with Gasteiger partial charge in [0.25, 0.3) is 0 Å². The van der Waals surface area contributed by atoms with Gasteiger partial charge in [0.15, 0.2) is 5.78 Å². The summed E-state index contributed by atoms with van der Waals surface area (Å²) in [5.41, 5.74) is 1.93. The number of Topliss-reactive ketones (excluding diaryl/α,β-unsaturated/α-hetero) is 1. The second kappa shape index (κ2) is 3.33. The zero-order valence-corrected chi connectivity index (χ0v) is 9.20. The van der Waals surface area contributed by atoms with Crippen molar-refractivity contribution in [3.05, 3.63) is 29.3 Å². The third-order valence-corrected chi connectivity index (χ3v) is 2.90. The minimum Gasteiger partial charge on any atom is -0.465 e. The van der Waals surface area contributed by atoms with E-state index in [2.05, 4.69) is 5.32 Å². The topological polar surface area (TPSA) is 66.4 Å². The van der Waals surface area contributed by atoms with Crippen LogP contribution in [-0.4, -0.2) is 17.0 Å². The zero-order valence-electron chi connectivity index (χ0n) is 9.20. The van der Waals surface area contributed by atoms with Crippen LogP contribution < -0.4 is 5.32 Å². The Hall–Kier alpha value is -1.84. The lowest BCUT2D eigenvalue weighted by molar-refractivity contribution is 0.0979. The van der Waals surface area contributed by atoms with E-state index < -0.39 is 6.09 Å². The molecule has 0 atom stereocenters. The molecular weight excluding hydrogens is 206 g/mol. The van der Waals surface area contributed by atoms with Crippen molar-refractivity contribution in [1.29, 1.82) is 0 Å². The van der Waals surface area contributed by atoms with Gasteiger partial charge in [0.1, 0.15) is 0 Å². The molecular formula is C12H13NO3. The number of hydrogen-bond acceptors (Lipinski definition) is 2. The normalized spacial score (nSPS) is 17.0. The van der Waals surface area contributed by atoms with Crippen LogP contribution in [0.1, 0.15) is 36.2 Å². The number of nitrogens with one attached hydrogen (secondary N) is 1. The van der Waals surface area contributed by atoms with Crippen molar-refractivity contribution in [2.45, 2.75) is 25.7 Å². The number of carboxylic acid groups (broad SMARTS) is 1. The lowest BCUT2D eigenvalue weighted by Crippen LogP contribution is -2.13. The van der Waals surface area contributed by atoms with Gasteiger partial charge in [0.2, 0.25) is 0 Å². The van der Waals surface area contributed by atoms with Crippen LogP contribution in [0.25, 0.3) is 0 Å². The second-order valence-corrected chi connectivity index (χ2v) is 4.67. The average Bonchev–Trinajstić information content (AvgIpc) is 2.36. The van der Waals surface area contributed by atoms with Crippen molar-refractivity contribution < 1.29 is 14.7 Å². The summed E-state index contributed by atoms with van der Waals surface area (Å²) in [5.74, 6) is 0.127. The van der Waals surface area contributed by atoms with Gasteiger partial charge in [0.05, 0.1) is 0 Å². The van der Waals surface area contributed by atoms with Crippen molar-refractivity contribution in [3.63, 3.8) is 0 Å². The van der Waals surface area contributed by atoms with Crippen LogP contribution in [0.3, 0.4) is 0 Å². The molecule has 0 saturated carbocycles. The highest BCUT2D eigenvalue weighted by molar-refractivity contribution is 6.02. The Balaban J connectivity index is 2.46. The first-order valence-corrected chi connectivity index (χ1v) is 5.08.